The van der Waals surface area contributed by atoms with Crippen LogP contribution in [-0.4, -0.2) is 40.1 Å². The van der Waals surface area contributed by atoms with Gasteiger partial charge in [-0.3, -0.25) is 9.59 Å². The summed E-state index contributed by atoms with van der Waals surface area (Å²) < 4.78 is 5.58. The third-order valence-corrected chi connectivity index (χ3v) is 6.61. The number of halogens is 1. The van der Waals surface area contributed by atoms with Crippen LogP contribution >= 0.6 is 11.6 Å². The molecule has 0 saturated heterocycles. The summed E-state index contributed by atoms with van der Waals surface area (Å²) in [5, 5.41) is 9.32. The van der Waals surface area contributed by atoms with Gasteiger partial charge in [-0.05, 0) is 55.2 Å². The molecule has 2 heterocycles. The fourth-order valence-corrected chi connectivity index (χ4v) is 4.64. The van der Waals surface area contributed by atoms with Crippen molar-refractivity contribution in [2.24, 2.45) is 11.8 Å². The fraction of sp³-hybridized carbons (Fsp3) is 0.455. The second kappa shape index (κ2) is 8.60. The van der Waals surface area contributed by atoms with Crippen molar-refractivity contribution >= 4 is 29.2 Å². The molecule has 0 spiro atoms. The molecule has 1 fully saturated rings. The van der Waals surface area contributed by atoms with Gasteiger partial charge in [0.25, 0.3) is 5.91 Å². The summed E-state index contributed by atoms with van der Waals surface area (Å²) in [7, 11) is 0. The highest BCUT2D eigenvalue weighted by atomic mass is 35.5. The molecule has 1 aliphatic carbocycles. The van der Waals surface area contributed by atoms with Gasteiger partial charge in [-0.15, -0.1) is 0 Å². The minimum Gasteiger partial charge on any atom is -0.481 e. The Labute approximate surface area is 180 Å². The molecule has 1 aromatic heterocycles. The summed E-state index contributed by atoms with van der Waals surface area (Å²) in [5.74, 6) is -0.387. The van der Waals surface area contributed by atoms with E-state index in [0.29, 0.717) is 19.1 Å². The molecular formula is C22H24ClN3O4. The van der Waals surface area contributed by atoms with Gasteiger partial charge in [-0.1, -0.05) is 30.7 Å². The molecule has 2 aromatic rings. The van der Waals surface area contributed by atoms with Crippen molar-refractivity contribution in [1.29, 1.82) is 0 Å². The number of nitrogens with zero attached hydrogens (tertiary/aromatic N) is 3. The number of benzene rings is 1. The predicted molar refractivity (Wildman–Crippen MR) is 112 cm³/mol. The lowest BCUT2D eigenvalue weighted by molar-refractivity contribution is -0.143. The molecule has 4 rings (SSSR count). The van der Waals surface area contributed by atoms with E-state index in [-0.39, 0.29) is 34.3 Å². The predicted octanol–water partition coefficient (Wildman–Crippen LogP) is 4.16. The molecule has 1 saturated carbocycles. The second-order valence-corrected chi connectivity index (χ2v) is 8.34. The van der Waals surface area contributed by atoms with E-state index in [2.05, 4.69) is 22.1 Å². The quantitative estimate of drug-likeness (QED) is 0.733. The first-order valence-electron chi connectivity index (χ1n) is 10.2. The molecule has 1 amide bonds. The Kier molecular flexibility index (Phi) is 5.90. The van der Waals surface area contributed by atoms with E-state index in [1.165, 1.54) is 11.9 Å². The average molecular weight is 430 g/mol. The molecule has 2 aliphatic rings. The van der Waals surface area contributed by atoms with Crippen LogP contribution in [0.15, 0.2) is 30.6 Å². The summed E-state index contributed by atoms with van der Waals surface area (Å²) >= 11 is 6.13. The summed E-state index contributed by atoms with van der Waals surface area (Å²) in [6, 6.07) is 8.01. The summed E-state index contributed by atoms with van der Waals surface area (Å²) in [6.45, 7) is 2.52. The molecule has 30 heavy (non-hydrogen) atoms. The van der Waals surface area contributed by atoms with Crippen molar-refractivity contribution in [3.63, 3.8) is 0 Å². The summed E-state index contributed by atoms with van der Waals surface area (Å²) in [6.07, 6.45) is 5.11. The van der Waals surface area contributed by atoms with Crippen molar-refractivity contribution < 1.29 is 19.4 Å². The smallest absolute Gasteiger partial charge is 0.306 e. The highest BCUT2D eigenvalue weighted by Gasteiger charge is 2.31. The first-order chi connectivity index (χ1) is 14.5. The van der Waals surface area contributed by atoms with Crippen molar-refractivity contribution in [1.82, 2.24) is 9.97 Å². The van der Waals surface area contributed by atoms with Gasteiger partial charge >= 0.3 is 5.97 Å². The number of hydrogen-bond acceptors (Lipinski definition) is 5. The van der Waals surface area contributed by atoms with E-state index in [0.717, 1.165) is 31.4 Å². The molecule has 1 aliphatic heterocycles. The van der Waals surface area contributed by atoms with Crippen LogP contribution in [0.5, 0.6) is 5.88 Å². The SMILES string of the molecule is CC(C(=O)O)[C@H]1CC[C@H](c2ccc(N3CCOc4ncnc(Cl)c4C3=O)cc2)CC1. The number of carbonyl (C=O) groups is 2. The van der Waals surface area contributed by atoms with Gasteiger partial charge in [0.2, 0.25) is 5.88 Å². The number of ether oxygens (including phenoxy) is 1. The Balaban J connectivity index is 1.47. The van der Waals surface area contributed by atoms with Gasteiger partial charge < -0.3 is 14.7 Å². The minimum atomic E-state index is -0.707. The van der Waals surface area contributed by atoms with Gasteiger partial charge in [-0.25, -0.2) is 9.97 Å². The maximum Gasteiger partial charge on any atom is 0.306 e. The first-order valence-corrected chi connectivity index (χ1v) is 10.6. The number of carboxylic acids is 1. The lowest BCUT2D eigenvalue weighted by Crippen LogP contribution is -2.32. The van der Waals surface area contributed by atoms with Gasteiger partial charge in [0.15, 0.2) is 0 Å². The standard InChI is InChI=1S/C22H24ClN3O4/c1-13(22(28)29)14-2-4-15(5-3-14)16-6-8-17(9-7-16)26-10-11-30-20-18(21(26)27)19(23)24-12-25-20/h6-9,12-15H,2-5,10-11H2,1H3,(H,28,29)/t13?,14-,15-. The Morgan fingerprint density at radius 2 is 1.90 bits per heavy atom. The largest absolute Gasteiger partial charge is 0.481 e. The maximum atomic E-state index is 13.0. The van der Waals surface area contributed by atoms with E-state index < -0.39 is 5.97 Å². The molecule has 1 N–H and O–H groups in total. The minimum absolute atomic E-state index is 0.0841. The van der Waals surface area contributed by atoms with Gasteiger partial charge in [0.05, 0.1) is 12.5 Å². The molecule has 1 aromatic carbocycles. The highest BCUT2D eigenvalue weighted by molar-refractivity contribution is 6.33. The normalized spacial score (nSPS) is 22.6. The Morgan fingerprint density at radius 1 is 1.20 bits per heavy atom. The molecular weight excluding hydrogens is 406 g/mol. The number of hydrogen-bond donors (Lipinski definition) is 1. The van der Waals surface area contributed by atoms with Crippen molar-refractivity contribution in [2.75, 3.05) is 18.1 Å². The first kappa shape index (κ1) is 20.6. The molecule has 8 heteroatoms. The van der Waals surface area contributed by atoms with Crippen molar-refractivity contribution in [3.05, 3.63) is 46.9 Å². The molecule has 0 radical (unpaired) electrons. The zero-order valence-electron chi connectivity index (χ0n) is 16.8. The molecule has 158 valence electrons. The molecule has 7 nitrogen and oxygen atoms in total. The monoisotopic (exact) mass is 429 g/mol. The number of amides is 1. The van der Waals surface area contributed by atoms with Crippen molar-refractivity contribution in [3.8, 4) is 5.88 Å². The molecule has 1 unspecified atom stereocenters. The van der Waals surface area contributed by atoms with Gasteiger partial charge in [0.1, 0.15) is 23.7 Å². The van der Waals surface area contributed by atoms with Crippen LogP contribution in [-0.2, 0) is 4.79 Å². The summed E-state index contributed by atoms with van der Waals surface area (Å²) in [4.78, 5) is 33.8. The van der Waals surface area contributed by atoms with E-state index in [1.807, 2.05) is 12.1 Å². The van der Waals surface area contributed by atoms with Crippen LogP contribution < -0.4 is 9.64 Å². The van der Waals surface area contributed by atoms with Crippen LogP contribution in [0.4, 0.5) is 5.69 Å². The molecule has 1 atom stereocenters. The highest BCUT2D eigenvalue weighted by Crippen LogP contribution is 2.39. The third-order valence-electron chi connectivity index (χ3n) is 6.32. The number of carbonyl (C=O) groups excluding carboxylic acids is 1. The Morgan fingerprint density at radius 3 is 2.57 bits per heavy atom. The van der Waals surface area contributed by atoms with Crippen molar-refractivity contribution in [2.45, 2.75) is 38.5 Å². The maximum absolute atomic E-state index is 13.0. The number of carboxylic acid groups (broad SMARTS) is 1. The number of aliphatic carboxylic acids is 1. The number of anilines is 1. The lowest BCUT2D eigenvalue weighted by atomic mass is 9.74. The van der Waals surface area contributed by atoms with E-state index in [4.69, 9.17) is 16.3 Å². The van der Waals surface area contributed by atoms with E-state index in [9.17, 15) is 14.7 Å². The lowest BCUT2D eigenvalue weighted by Gasteiger charge is -2.31. The Hall–Kier alpha value is -2.67. The number of aromatic nitrogens is 2. The van der Waals surface area contributed by atoms with Crippen LogP contribution in [0, 0.1) is 11.8 Å². The zero-order valence-corrected chi connectivity index (χ0v) is 17.5. The third kappa shape index (κ3) is 3.99. The van der Waals surface area contributed by atoms with Crippen LogP contribution in [0.25, 0.3) is 0 Å². The number of fused-ring (bicyclic) bond motifs is 1. The van der Waals surface area contributed by atoms with Gasteiger partial charge in [-0.2, -0.15) is 0 Å². The van der Waals surface area contributed by atoms with E-state index >= 15 is 0 Å². The van der Waals surface area contributed by atoms with Crippen LogP contribution in [0.2, 0.25) is 5.15 Å². The topological polar surface area (TPSA) is 92.6 Å². The Bertz CT molecular complexity index is 942. The zero-order chi connectivity index (χ0) is 21.3. The number of rotatable bonds is 4. The summed E-state index contributed by atoms with van der Waals surface area (Å²) in [5.41, 5.74) is 2.18. The van der Waals surface area contributed by atoms with E-state index in [1.54, 1.807) is 11.8 Å². The fourth-order valence-electron chi connectivity index (χ4n) is 4.44. The average Bonchev–Trinajstić information content (AvgIpc) is 2.93. The second-order valence-electron chi connectivity index (χ2n) is 7.98. The van der Waals surface area contributed by atoms with Crippen LogP contribution in [0.3, 0.4) is 0 Å². The molecule has 0 bridgehead atoms. The van der Waals surface area contributed by atoms with Gasteiger partial charge in [0, 0.05) is 5.69 Å². The van der Waals surface area contributed by atoms with Crippen LogP contribution in [0.1, 0.15) is 54.4 Å².